The van der Waals surface area contributed by atoms with Crippen LogP contribution in [0.1, 0.15) is 0 Å². The Balaban J connectivity index is 1.42. The van der Waals surface area contributed by atoms with Gasteiger partial charge >= 0.3 is 7.82 Å². The average molecular weight is 440 g/mol. The standard InChI is InChI=1S/C20H13N2O8P/c23-17-9-10-18(24)21(17)13-1-5-15(6-2-13)29-31(27,28)30-16-7-3-14(4-8-16)22-19(25)11-12-20(22)26/h1-12H,(H,27,28). The van der Waals surface area contributed by atoms with E-state index in [1.807, 2.05) is 0 Å². The van der Waals surface area contributed by atoms with Crippen LogP contribution in [-0.2, 0) is 23.7 Å². The Morgan fingerprint density at radius 3 is 1.16 bits per heavy atom. The molecule has 156 valence electrons. The lowest BCUT2D eigenvalue weighted by Gasteiger charge is -2.17. The van der Waals surface area contributed by atoms with Crippen molar-refractivity contribution in [2.24, 2.45) is 0 Å². The SMILES string of the molecule is O=C1C=CC(=O)N1c1ccc(OP(=O)(O)Oc2ccc(N3C(=O)C=CC3=O)cc2)cc1. The van der Waals surface area contributed by atoms with Crippen molar-refractivity contribution in [3.05, 3.63) is 72.8 Å². The van der Waals surface area contributed by atoms with E-state index in [0.29, 0.717) is 0 Å². The fourth-order valence-corrected chi connectivity index (χ4v) is 3.72. The molecule has 4 rings (SSSR count). The molecule has 11 heteroatoms. The highest BCUT2D eigenvalue weighted by Crippen LogP contribution is 2.45. The van der Waals surface area contributed by atoms with Crippen LogP contribution in [0.3, 0.4) is 0 Å². The molecular weight excluding hydrogens is 427 g/mol. The number of carbonyl (C=O) groups excluding carboxylic acids is 4. The minimum atomic E-state index is -4.59. The second kappa shape index (κ2) is 7.67. The highest BCUT2D eigenvalue weighted by atomic mass is 31.2. The molecule has 0 aromatic heterocycles. The van der Waals surface area contributed by atoms with Gasteiger partial charge in [0, 0.05) is 24.3 Å². The highest BCUT2D eigenvalue weighted by Gasteiger charge is 2.28. The molecule has 4 amide bonds. The molecule has 2 aliphatic heterocycles. The summed E-state index contributed by atoms with van der Waals surface area (Å²) in [5.41, 5.74) is 0.550. The van der Waals surface area contributed by atoms with Gasteiger partial charge in [-0.25, -0.2) is 14.4 Å². The maximum Gasteiger partial charge on any atom is 0.584 e. The van der Waals surface area contributed by atoms with E-state index < -0.39 is 31.5 Å². The molecule has 0 saturated heterocycles. The van der Waals surface area contributed by atoms with Gasteiger partial charge in [-0.3, -0.25) is 24.1 Å². The molecule has 0 unspecified atom stereocenters. The van der Waals surface area contributed by atoms with Crippen LogP contribution >= 0.6 is 7.82 Å². The van der Waals surface area contributed by atoms with Crippen LogP contribution in [0.4, 0.5) is 11.4 Å². The van der Waals surface area contributed by atoms with E-state index in [0.717, 1.165) is 34.1 Å². The molecule has 2 aromatic carbocycles. The quantitative estimate of drug-likeness (QED) is 0.534. The Hall–Kier alpha value is -4.01. The molecule has 10 nitrogen and oxygen atoms in total. The summed E-state index contributed by atoms with van der Waals surface area (Å²) in [5, 5.41) is 0. The van der Waals surface area contributed by atoms with Gasteiger partial charge in [-0.05, 0) is 48.5 Å². The third-order valence-corrected chi connectivity index (χ3v) is 5.13. The summed E-state index contributed by atoms with van der Waals surface area (Å²) in [4.78, 5) is 58.6. The van der Waals surface area contributed by atoms with Crippen molar-refractivity contribution in [1.82, 2.24) is 0 Å². The summed E-state index contributed by atoms with van der Waals surface area (Å²) < 4.78 is 22.3. The summed E-state index contributed by atoms with van der Waals surface area (Å²) in [6.07, 6.45) is 4.55. The smallest absolute Gasteiger partial charge is 0.395 e. The van der Waals surface area contributed by atoms with Gasteiger partial charge in [0.1, 0.15) is 11.5 Å². The Labute approximate surface area is 175 Å². The average Bonchev–Trinajstić information content (AvgIpc) is 3.23. The van der Waals surface area contributed by atoms with Gasteiger partial charge in [-0.1, -0.05) is 0 Å². The zero-order valence-electron chi connectivity index (χ0n) is 15.6. The predicted molar refractivity (Wildman–Crippen MR) is 107 cm³/mol. The van der Waals surface area contributed by atoms with Crippen molar-refractivity contribution < 1.29 is 37.7 Å². The molecule has 0 aliphatic carbocycles. The van der Waals surface area contributed by atoms with Crippen LogP contribution < -0.4 is 18.8 Å². The third kappa shape index (κ3) is 4.16. The first-order chi connectivity index (χ1) is 14.7. The zero-order chi connectivity index (χ0) is 22.2. The lowest BCUT2D eigenvalue weighted by Crippen LogP contribution is -2.29. The number of rotatable bonds is 6. The van der Waals surface area contributed by atoms with Gasteiger partial charge in [0.2, 0.25) is 0 Å². The lowest BCUT2D eigenvalue weighted by molar-refractivity contribution is -0.121. The number of hydrogen-bond acceptors (Lipinski definition) is 7. The third-order valence-electron chi connectivity index (χ3n) is 4.25. The van der Waals surface area contributed by atoms with E-state index in [2.05, 4.69) is 0 Å². The Morgan fingerprint density at radius 1 is 0.581 bits per heavy atom. The molecule has 0 fully saturated rings. The first kappa shape index (κ1) is 20.3. The molecule has 2 aliphatic rings. The van der Waals surface area contributed by atoms with Crippen LogP contribution in [0, 0.1) is 0 Å². The second-order valence-electron chi connectivity index (χ2n) is 6.33. The Morgan fingerprint density at radius 2 is 0.871 bits per heavy atom. The van der Waals surface area contributed by atoms with E-state index in [1.165, 1.54) is 48.5 Å². The van der Waals surface area contributed by atoms with Crippen LogP contribution in [-0.4, -0.2) is 28.5 Å². The fourth-order valence-electron chi connectivity index (χ4n) is 2.91. The second-order valence-corrected chi connectivity index (χ2v) is 7.63. The van der Waals surface area contributed by atoms with Crippen LogP contribution in [0.5, 0.6) is 11.5 Å². The van der Waals surface area contributed by atoms with E-state index in [4.69, 9.17) is 9.05 Å². The molecule has 31 heavy (non-hydrogen) atoms. The van der Waals surface area contributed by atoms with E-state index in [-0.39, 0.29) is 22.9 Å². The van der Waals surface area contributed by atoms with Crippen molar-refractivity contribution in [1.29, 1.82) is 0 Å². The van der Waals surface area contributed by atoms with Gasteiger partial charge in [-0.15, -0.1) is 0 Å². The fraction of sp³-hybridized carbons (Fsp3) is 0. The molecule has 0 atom stereocenters. The maximum absolute atomic E-state index is 12.3. The van der Waals surface area contributed by atoms with Crippen LogP contribution in [0.25, 0.3) is 0 Å². The summed E-state index contributed by atoms with van der Waals surface area (Å²) in [7, 11) is -4.59. The largest absolute Gasteiger partial charge is 0.584 e. The van der Waals surface area contributed by atoms with Crippen molar-refractivity contribution in [2.45, 2.75) is 0 Å². The first-order valence-corrected chi connectivity index (χ1v) is 10.3. The summed E-state index contributed by atoms with van der Waals surface area (Å²) in [5.74, 6) is -2.04. The molecule has 2 heterocycles. The topological polar surface area (TPSA) is 131 Å². The number of nitrogens with zero attached hydrogens (tertiary/aromatic N) is 2. The van der Waals surface area contributed by atoms with Crippen molar-refractivity contribution in [3.63, 3.8) is 0 Å². The van der Waals surface area contributed by atoms with E-state index in [9.17, 15) is 28.6 Å². The summed E-state index contributed by atoms with van der Waals surface area (Å²) in [6.45, 7) is 0. The molecule has 0 spiro atoms. The number of amides is 4. The number of phosphoric ester groups is 1. The monoisotopic (exact) mass is 440 g/mol. The Bertz CT molecular complexity index is 1070. The van der Waals surface area contributed by atoms with Crippen LogP contribution in [0.2, 0.25) is 0 Å². The maximum atomic E-state index is 12.3. The van der Waals surface area contributed by atoms with Gasteiger partial charge in [0.05, 0.1) is 11.4 Å². The van der Waals surface area contributed by atoms with E-state index >= 15 is 0 Å². The molecule has 0 saturated carbocycles. The molecule has 1 N–H and O–H groups in total. The number of phosphoric acid groups is 1. The molecule has 0 radical (unpaired) electrons. The normalized spacial score (nSPS) is 15.9. The minimum absolute atomic E-state index is 0.0300. The predicted octanol–water partition coefficient (Wildman–Crippen LogP) is 2.10. The number of anilines is 2. The summed E-state index contributed by atoms with van der Waals surface area (Å²) >= 11 is 0. The van der Waals surface area contributed by atoms with E-state index in [1.54, 1.807) is 0 Å². The van der Waals surface area contributed by atoms with Crippen molar-refractivity contribution in [2.75, 3.05) is 9.80 Å². The minimum Gasteiger partial charge on any atom is -0.395 e. The number of benzene rings is 2. The van der Waals surface area contributed by atoms with Crippen molar-refractivity contribution in [3.8, 4) is 11.5 Å². The molecule has 0 bridgehead atoms. The van der Waals surface area contributed by atoms with Crippen molar-refractivity contribution >= 4 is 42.8 Å². The van der Waals surface area contributed by atoms with Gasteiger partial charge in [0.15, 0.2) is 0 Å². The van der Waals surface area contributed by atoms with Gasteiger partial charge in [0.25, 0.3) is 23.6 Å². The number of carbonyl (C=O) groups is 4. The first-order valence-electron chi connectivity index (χ1n) is 8.78. The van der Waals surface area contributed by atoms with Crippen LogP contribution in [0.15, 0.2) is 72.8 Å². The van der Waals surface area contributed by atoms with Gasteiger partial charge in [-0.2, -0.15) is 0 Å². The zero-order valence-corrected chi connectivity index (χ0v) is 16.5. The summed E-state index contributed by atoms with van der Waals surface area (Å²) in [6, 6.07) is 10.7. The number of hydrogen-bond donors (Lipinski definition) is 1. The van der Waals surface area contributed by atoms with Gasteiger partial charge < -0.3 is 9.05 Å². The highest BCUT2D eigenvalue weighted by molar-refractivity contribution is 7.48. The number of imide groups is 2. The molecular formula is C20H13N2O8P. The lowest BCUT2D eigenvalue weighted by atomic mass is 10.3. The molecule has 2 aromatic rings. The Kier molecular flexibility index (Phi) is 5.02.